The number of sulfonamides is 1. The molecule has 9 rings (SSSR count). The van der Waals surface area contributed by atoms with Gasteiger partial charge in [0.1, 0.15) is 22.4 Å². The van der Waals surface area contributed by atoms with Gasteiger partial charge in [0.2, 0.25) is 27.8 Å². The van der Waals surface area contributed by atoms with Crippen LogP contribution in [0.1, 0.15) is 62.0 Å². The summed E-state index contributed by atoms with van der Waals surface area (Å²) in [5.41, 5.74) is 4.15. The standard InChI is InChI=1S/C47H57ClF2N10O5S/c1-65-41-28-33(6-8-39(41)53-47-51-29-36(48)45(55-47)52-40-5-3-4-31-13-21-60(44(31)40)66(2,63)64)57-19-14-32(15-20-57)59-24-22-56(23-25-59)16-10-30-11-17-58(18-12-30)34-26-37(49)43(38(50)27-34)35-7-9-42(61)54-46(35)62/h3-6,8,26-30,32,35H,7,9-25H2,1-2H3,(H,54,61,62)(H2,51,52,53,55). The Balaban J connectivity index is 0.718. The number of para-hydroxylation sites is 1. The van der Waals surface area contributed by atoms with Crippen LogP contribution in [0, 0.1) is 17.6 Å². The summed E-state index contributed by atoms with van der Waals surface area (Å²) in [5.74, 6) is -1.67. The molecule has 0 spiro atoms. The molecule has 1 aromatic heterocycles. The Morgan fingerprint density at radius 3 is 2.24 bits per heavy atom. The highest BCUT2D eigenvalue weighted by molar-refractivity contribution is 7.92. The zero-order chi connectivity index (χ0) is 46.1. The minimum atomic E-state index is -3.47. The number of piperidine rings is 3. The molecule has 6 heterocycles. The quantitative estimate of drug-likeness (QED) is 0.123. The molecule has 19 heteroatoms. The van der Waals surface area contributed by atoms with E-state index in [1.54, 1.807) is 7.11 Å². The molecule has 3 aromatic carbocycles. The molecule has 1 unspecified atom stereocenters. The van der Waals surface area contributed by atoms with Gasteiger partial charge in [-0.2, -0.15) is 4.98 Å². The third kappa shape index (κ3) is 10.0. The smallest absolute Gasteiger partial charge is 0.234 e. The lowest BCUT2D eigenvalue weighted by atomic mass is 9.89. The molecule has 1 atom stereocenters. The van der Waals surface area contributed by atoms with Crippen molar-refractivity contribution in [3.8, 4) is 5.75 Å². The Morgan fingerprint density at radius 2 is 1.55 bits per heavy atom. The maximum absolute atomic E-state index is 15.2. The molecule has 15 nitrogen and oxygen atoms in total. The van der Waals surface area contributed by atoms with Gasteiger partial charge in [-0.15, -0.1) is 0 Å². The van der Waals surface area contributed by atoms with E-state index >= 15 is 8.78 Å². The number of anilines is 7. The summed E-state index contributed by atoms with van der Waals surface area (Å²) in [6.45, 7) is 8.99. The van der Waals surface area contributed by atoms with Crippen molar-refractivity contribution in [2.45, 2.75) is 63.3 Å². The van der Waals surface area contributed by atoms with Crippen LogP contribution in [0.2, 0.25) is 5.02 Å². The molecule has 0 bridgehead atoms. The summed E-state index contributed by atoms with van der Waals surface area (Å²) in [7, 11) is -1.83. The summed E-state index contributed by atoms with van der Waals surface area (Å²) in [4.78, 5) is 42.5. The minimum Gasteiger partial charge on any atom is -0.494 e. The van der Waals surface area contributed by atoms with Gasteiger partial charge in [-0.1, -0.05) is 23.7 Å². The Labute approximate surface area is 389 Å². The number of benzene rings is 3. The second kappa shape index (κ2) is 19.5. The molecule has 4 saturated heterocycles. The van der Waals surface area contributed by atoms with Crippen LogP contribution in [0.25, 0.3) is 0 Å². The summed E-state index contributed by atoms with van der Waals surface area (Å²) in [6.07, 6.45) is 8.69. The largest absolute Gasteiger partial charge is 0.494 e. The number of nitrogens with zero attached hydrogens (tertiary/aromatic N) is 7. The number of fused-ring (bicyclic) bond motifs is 1. The Hall–Kier alpha value is -5.30. The van der Waals surface area contributed by atoms with E-state index in [0.29, 0.717) is 65.2 Å². The molecule has 352 valence electrons. The number of aromatic nitrogens is 2. The first-order chi connectivity index (χ1) is 31.8. The molecular formula is C47H57ClF2N10O5S. The van der Waals surface area contributed by atoms with E-state index in [-0.39, 0.29) is 23.4 Å². The second-order valence-electron chi connectivity index (χ2n) is 18.1. The Morgan fingerprint density at radius 1 is 0.833 bits per heavy atom. The molecule has 3 N–H and O–H groups in total. The monoisotopic (exact) mass is 946 g/mol. The van der Waals surface area contributed by atoms with Gasteiger partial charge in [0, 0.05) is 94.4 Å². The van der Waals surface area contributed by atoms with Crippen LogP contribution in [-0.4, -0.2) is 125 Å². The number of carbonyl (C=O) groups is 2. The van der Waals surface area contributed by atoms with Crippen molar-refractivity contribution in [3.63, 3.8) is 0 Å². The second-order valence-corrected chi connectivity index (χ2v) is 20.4. The minimum absolute atomic E-state index is 0.0677. The molecule has 0 radical (unpaired) electrons. The fourth-order valence-electron chi connectivity index (χ4n) is 10.3. The molecular weight excluding hydrogens is 890 g/mol. The Kier molecular flexibility index (Phi) is 13.5. The third-order valence-corrected chi connectivity index (χ3v) is 15.5. The van der Waals surface area contributed by atoms with Gasteiger partial charge < -0.3 is 30.1 Å². The van der Waals surface area contributed by atoms with Crippen LogP contribution in [0.15, 0.2) is 54.7 Å². The molecule has 0 aliphatic carbocycles. The van der Waals surface area contributed by atoms with Crippen molar-refractivity contribution in [1.82, 2.24) is 25.1 Å². The third-order valence-electron chi connectivity index (χ3n) is 14.0. The van der Waals surface area contributed by atoms with Crippen LogP contribution in [0.5, 0.6) is 5.75 Å². The number of amides is 2. The molecule has 0 saturated carbocycles. The van der Waals surface area contributed by atoms with Gasteiger partial charge in [0.05, 0.1) is 42.5 Å². The molecule has 5 aliphatic heterocycles. The van der Waals surface area contributed by atoms with Crippen LogP contribution in [0.4, 0.5) is 49.0 Å². The highest BCUT2D eigenvalue weighted by Gasteiger charge is 2.34. The number of hydrogen-bond acceptors (Lipinski definition) is 13. The number of methoxy groups -OCH3 is 1. The van der Waals surface area contributed by atoms with Gasteiger partial charge in [-0.25, -0.2) is 22.2 Å². The van der Waals surface area contributed by atoms with Crippen molar-refractivity contribution in [3.05, 3.63) is 82.5 Å². The molecule has 5 aliphatic rings. The first-order valence-corrected chi connectivity index (χ1v) is 25.2. The number of ether oxygens (including phenoxy) is 1. The van der Waals surface area contributed by atoms with Crippen LogP contribution >= 0.6 is 11.6 Å². The summed E-state index contributed by atoms with van der Waals surface area (Å²) in [5, 5.41) is 9.00. The molecule has 66 heavy (non-hydrogen) atoms. The summed E-state index contributed by atoms with van der Waals surface area (Å²) in [6, 6.07) is 14.9. The lowest BCUT2D eigenvalue weighted by molar-refractivity contribution is -0.134. The van der Waals surface area contributed by atoms with Crippen molar-refractivity contribution in [1.29, 1.82) is 0 Å². The van der Waals surface area contributed by atoms with E-state index in [4.69, 9.17) is 16.3 Å². The number of piperazine rings is 1. The normalized spacial score (nSPS) is 20.4. The molecule has 4 fully saturated rings. The number of rotatable bonds is 13. The first-order valence-electron chi connectivity index (χ1n) is 22.9. The predicted octanol–water partition coefficient (Wildman–Crippen LogP) is 6.64. The Bertz CT molecular complexity index is 2540. The van der Waals surface area contributed by atoms with Crippen LogP contribution in [0.3, 0.4) is 0 Å². The summed E-state index contributed by atoms with van der Waals surface area (Å²) < 4.78 is 62.7. The fraction of sp³-hybridized carbons (Fsp3) is 0.489. The van der Waals surface area contributed by atoms with Crippen molar-refractivity contribution in [2.75, 3.05) is 104 Å². The van der Waals surface area contributed by atoms with Gasteiger partial charge in [-0.3, -0.25) is 24.1 Å². The first kappa shape index (κ1) is 45.8. The van der Waals surface area contributed by atoms with Gasteiger partial charge in [0.25, 0.3) is 0 Å². The molecule has 2 amide bonds. The van der Waals surface area contributed by atoms with E-state index in [2.05, 4.69) is 46.7 Å². The van der Waals surface area contributed by atoms with Gasteiger partial charge >= 0.3 is 0 Å². The van der Waals surface area contributed by atoms with Crippen LogP contribution in [-0.2, 0) is 26.0 Å². The number of nitrogens with one attached hydrogen (secondary N) is 3. The van der Waals surface area contributed by atoms with E-state index in [1.807, 2.05) is 35.2 Å². The lowest BCUT2D eigenvalue weighted by Crippen LogP contribution is -2.53. The lowest BCUT2D eigenvalue weighted by Gasteiger charge is -2.43. The predicted molar refractivity (Wildman–Crippen MR) is 253 cm³/mol. The zero-order valence-corrected chi connectivity index (χ0v) is 38.9. The van der Waals surface area contributed by atoms with Gasteiger partial charge in [0.15, 0.2) is 5.82 Å². The van der Waals surface area contributed by atoms with E-state index in [0.717, 1.165) is 102 Å². The van der Waals surface area contributed by atoms with Crippen molar-refractivity contribution in [2.24, 2.45) is 5.92 Å². The maximum atomic E-state index is 15.2. The molecule has 4 aromatic rings. The average Bonchev–Trinajstić information content (AvgIpc) is 3.77. The highest BCUT2D eigenvalue weighted by Crippen LogP contribution is 2.40. The van der Waals surface area contributed by atoms with E-state index < -0.39 is 39.4 Å². The van der Waals surface area contributed by atoms with Crippen molar-refractivity contribution < 1.29 is 31.5 Å². The topological polar surface area (TPSA) is 156 Å². The van der Waals surface area contributed by atoms with E-state index in [9.17, 15) is 18.0 Å². The van der Waals surface area contributed by atoms with Crippen LogP contribution < -0.4 is 34.8 Å². The van der Waals surface area contributed by atoms with E-state index in [1.165, 1.54) is 28.9 Å². The zero-order valence-electron chi connectivity index (χ0n) is 37.4. The fourth-order valence-corrected chi connectivity index (χ4v) is 11.4. The van der Waals surface area contributed by atoms with Gasteiger partial charge in [-0.05, 0) is 93.3 Å². The average molecular weight is 948 g/mol. The SMILES string of the molecule is COc1cc(N2CCC(N3CCN(CCC4CCN(c5cc(F)c(C6CCC(=O)NC6=O)c(F)c5)CC4)CC3)CC2)ccc1Nc1ncc(Cl)c(Nc2cccc3c2N(S(C)(=O)=O)CC3)n1. The number of halogens is 3. The number of imide groups is 1. The summed E-state index contributed by atoms with van der Waals surface area (Å²) >= 11 is 6.53. The number of carbonyl (C=O) groups excluding carboxylic acids is 2. The highest BCUT2D eigenvalue weighted by atomic mass is 35.5. The number of hydrogen-bond donors (Lipinski definition) is 3. The van der Waals surface area contributed by atoms with Crippen molar-refractivity contribution >= 4 is 73.6 Å². The maximum Gasteiger partial charge on any atom is 0.234 e.